The maximum atomic E-state index is 14.8. The number of ketones is 1. The van der Waals surface area contributed by atoms with Gasteiger partial charge in [-0.1, -0.05) is 94.3 Å². The number of nitrogens with zero attached hydrogens (tertiary/aromatic N) is 1. The number of nitrogens with one attached hydrogen (secondary N) is 5. The highest BCUT2D eigenvalue weighted by molar-refractivity contribution is 7.86. The molecule has 1 saturated heterocycles. The number of benzene rings is 3. The van der Waals surface area contributed by atoms with Gasteiger partial charge in [-0.2, -0.15) is 8.42 Å². The van der Waals surface area contributed by atoms with E-state index in [2.05, 4.69) is 32.5 Å². The quantitative estimate of drug-likeness (QED) is 0.0503. The number of Topliss-reactive ketones (excluding diaryl/α,β-unsaturated/α-hetero) is 1. The second kappa shape index (κ2) is 26.6. The molecule has 2 unspecified atom stereocenters. The van der Waals surface area contributed by atoms with Crippen molar-refractivity contribution >= 4 is 45.4 Å². The third kappa shape index (κ3) is 18.1. The zero-order valence-corrected chi connectivity index (χ0v) is 40.6. The van der Waals surface area contributed by atoms with Gasteiger partial charge in [-0.05, 0) is 73.8 Å². The predicted octanol–water partition coefficient (Wildman–Crippen LogP) is 2.45. The van der Waals surface area contributed by atoms with E-state index in [-0.39, 0.29) is 62.1 Å². The number of halogens is 1. The van der Waals surface area contributed by atoms with E-state index in [4.69, 9.17) is 15.3 Å². The molecule has 5 atom stereocenters. The summed E-state index contributed by atoms with van der Waals surface area (Å²) in [4.78, 5) is 83.5. The Labute approximate surface area is 404 Å². The maximum absolute atomic E-state index is 14.8. The summed E-state index contributed by atoms with van der Waals surface area (Å²) in [7, 11) is -5.03. The Balaban J connectivity index is 1.55. The Morgan fingerprint density at radius 1 is 0.797 bits per heavy atom. The van der Waals surface area contributed by atoms with E-state index in [1.807, 2.05) is 49.1 Å². The first-order valence-electron chi connectivity index (χ1n) is 22.9. The molecule has 3 aromatic carbocycles. The number of hydrogen-bond acceptors (Lipinski definition) is 12. The number of ether oxygens (including phenoxy) is 1. The topological polar surface area (TPSA) is 239 Å². The van der Waals surface area contributed by atoms with Crippen molar-refractivity contribution in [1.82, 2.24) is 31.5 Å². The van der Waals surface area contributed by atoms with Gasteiger partial charge in [-0.15, -0.1) is 6.42 Å². The van der Waals surface area contributed by atoms with Crippen LogP contribution in [0.3, 0.4) is 0 Å². The largest absolute Gasteiger partial charge is 0.380 e. The van der Waals surface area contributed by atoms with Crippen molar-refractivity contribution in [3.63, 3.8) is 0 Å². The molecular weight excluding hydrogens is 912 g/mol. The monoisotopic (exact) mass is 976 g/mol. The Bertz CT molecular complexity index is 2370. The van der Waals surface area contributed by atoms with Crippen LogP contribution in [0.2, 0.25) is 0 Å². The molecule has 1 fully saturated rings. The van der Waals surface area contributed by atoms with E-state index in [1.54, 1.807) is 44.2 Å². The van der Waals surface area contributed by atoms with Gasteiger partial charge in [-0.3, -0.25) is 37.9 Å². The lowest BCUT2D eigenvalue weighted by atomic mass is 9.90. The third-order valence-corrected chi connectivity index (χ3v) is 12.4. The summed E-state index contributed by atoms with van der Waals surface area (Å²) >= 11 is 0. The average Bonchev–Trinajstić information content (AvgIpc) is 3.31. The van der Waals surface area contributed by atoms with Crippen LogP contribution in [0.4, 0.5) is 4.39 Å². The number of carbonyl (C=O) groups is 6. The lowest BCUT2D eigenvalue weighted by Crippen LogP contribution is -2.60. The minimum Gasteiger partial charge on any atom is -0.380 e. The smallest absolute Gasteiger partial charge is 0.300 e. The van der Waals surface area contributed by atoms with E-state index >= 15 is 0 Å². The Morgan fingerprint density at radius 2 is 1.35 bits per heavy atom. The number of hydrogen-bond donors (Lipinski definition) is 6. The molecule has 19 heteroatoms. The summed E-state index contributed by atoms with van der Waals surface area (Å²) in [6.45, 7) is 8.94. The number of amides is 5. The molecule has 0 bridgehead atoms. The Morgan fingerprint density at radius 3 is 1.96 bits per heavy atom. The molecule has 0 spiro atoms. The highest BCUT2D eigenvalue weighted by atomic mass is 32.2. The van der Waals surface area contributed by atoms with Crippen LogP contribution in [-0.4, -0.2) is 130 Å². The molecule has 1 aliphatic heterocycles. The fraction of sp³-hybridized carbons (Fsp3) is 0.480. The third-order valence-electron chi connectivity index (χ3n) is 11.1. The molecule has 69 heavy (non-hydrogen) atoms. The number of morpholine rings is 1. The number of rotatable bonds is 26. The highest BCUT2D eigenvalue weighted by Gasteiger charge is 2.41. The van der Waals surface area contributed by atoms with Gasteiger partial charge in [0.15, 0.2) is 5.78 Å². The van der Waals surface area contributed by atoms with Crippen molar-refractivity contribution in [3.8, 4) is 12.3 Å². The number of aryl methyl sites for hydroxylation is 1. The first-order valence-corrected chi connectivity index (χ1v) is 24.4. The van der Waals surface area contributed by atoms with Crippen LogP contribution >= 0.6 is 0 Å². The predicted molar refractivity (Wildman–Crippen MR) is 255 cm³/mol. The zero-order valence-electron chi connectivity index (χ0n) is 39.8. The second-order valence-electron chi connectivity index (χ2n) is 18.1. The van der Waals surface area contributed by atoms with Crippen molar-refractivity contribution in [1.29, 1.82) is 0 Å². The maximum Gasteiger partial charge on any atom is 0.300 e. The van der Waals surface area contributed by atoms with Gasteiger partial charge in [0.2, 0.25) is 23.6 Å². The van der Waals surface area contributed by atoms with Gasteiger partial charge < -0.3 is 36.4 Å². The fourth-order valence-electron chi connectivity index (χ4n) is 7.48. The molecule has 4 rings (SSSR count). The van der Waals surface area contributed by atoms with Gasteiger partial charge >= 0.3 is 0 Å². The number of terminal acetylenes is 1. The van der Waals surface area contributed by atoms with E-state index in [1.165, 1.54) is 0 Å². The molecule has 0 aliphatic carbocycles. The summed E-state index contributed by atoms with van der Waals surface area (Å²) in [6, 6.07) is 15.7. The first-order chi connectivity index (χ1) is 32.7. The van der Waals surface area contributed by atoms with Crippen LogP contribution in [0.25, 0.3) is 0 Å². The van der Waals surface area contributed by atoms with Crippen molar-refractivity contribution < 1.29 is 55.6 Å². The summed E-state index contributed by atoms with van der Waals surface area (Å²) in [5, 5.41) is 24.9. The molecule has 0 radical (unpaired) electrons. The van der Waals surface area contributed by atoms with Crippen LogP contribution < -0.4 is 26.6 Å². The Kier molecular flexibility index (Phi) is 21.5. The number of carbonyl (C=O) groups excluding carboxylic acids is 6. The molecule has 5 amide bonds. The molecule has 0 aromatic heterocycles. The van der Waals surface area contributed by atoms with Crippen LogP contribution in [0.5, 0.6) is 0 Å². The van der Waals surface area contributed by atoms with Gasteiger partial charge in [0, 0.05) is 25.1 Å². The summed E-state index contributed by atoms with van der Waals surface area (Å²) in [5.74, 6) is -3.81. The zero-order chi connectivity index (χ0) is 50.7. The van der Waals surface area contributed by atoms with Crippen molar-refractivity contribution in [2.24, 2.45) is 11.8 Å². The average molecular weight is 977 g/mol. The molecule has 1 aliphatic rings. The van der Waals surface area contributed by atoms with Gasteiger partial charge in [-0.25, -0.2) is 4.39 Å². The Hall–Kier alpha value is -6.04. The standard InChI is InChI=1S/C50H65FN6O11S/c1-7-22-52-46(60)37-19-20-38(51)43(30-37)69(65,66)68-32-50(6,64)45(59)40(27-33(2)3)54-49(63)42(29-36-16-12-9-13-17-36)56-48(62)41(28-34(4)5)55-47(61)39(21-18-35-14-10-8-11-15-35)53-44(58)31-57-23-25-67-26-24-57/h1,8-17,19-20,30,33-34,39-42,64H,18,21-29,31-32H2,2-6H3,(H,52,60)(H,53,58)(H,54,63)(H,55,61)(H,56,62)/t39-,40?,41-,42-,50?/m0/s1. The lowest BCUT2D eigenvalue weighted by Gasteiger charge is -2.30. The minimum atomic E-state index is -5.03. The number of aliphatic hydroxyl groups is 1. The van der Waals surface area contributed by atoms with Crippen LogP contribution in [0.1, 0.15) is 75.4 Å². The lowest BCUT2D eigenvalue weighted by molar-refractivity contribution is -0.143. The molecule has 6 N–H and O–H groups in total. The fourth-order valence-corrected chi connectivity index (χ4v) is 8.57. The second-order valence-corrected chi connectivity index (χ2v) is 19.6. The van der Waals surface area contributed by atoms with Crippen LogP contribution in [0, 0.1) is 30.0 Å². The SMILES string of the molecule is C#CCNC(=O)c1ccc(F)c(S(=O)(=O)OCC(C)(O)C(=O)C(CC(C)C)NC(=O)[C@H](Cc2ccccc2)NC(=O)[C@H](CC(C)C)NC(=O)[C@H](CCc2ccccc2)NC(=O)CN2CCOCC2)c1. The van der Waals surface area contributed by atoms with Crippen molar-refractivity contribution in [2.75, 3.05) is 46.0 Å². The first kappa shape index (κ1) is 55.6. The van der Waals surface area contributed by atoms with E-state index in [0.29, 0.717) is 38.3 Å². The molecule has 17 nitrogen and oxygen atoms in total. The van der Waals surface area contributed by atoms with E-state index in [0.717, 1.165) is 30.7 Å². The molecule has 374 valence electrons. The summed E-state index contributed by atoms with van der Waals surface area (Å²) in [5.41, 5.74) is -1.26. The normalized spacial score (nSPS) is 15.7. The van der Waals surface area contributed by atoms with Gasteiger partial charge in [0.05, 0.1) is 32.3 Å². The molecule has 3 aromatic rings. The van der Waals surface area contributed by atoms with Crippen molar-refractivity contribution in [2.45, 2.75) is 101 Å². The summed E-state index contributed by atoms with van der Waals surface area (Å²) in [6.07, 6.45) is 5.88. The van der Waals surface area contributed by atoms with E-state index < -0.39 is 86.6 Å². The van der Waals surface area contributed by atoms with E-state index in [9.17, 15) is 46.7 Å². The van der Waals surface area contributed by atoms with Gasteiger partial charge in [0.1, 0.15) is 41.0 Å². The van der Waals surface area contributed by atoms with Crippen LogP contribution in [-0.2, 0) is 55.9 Å². The molecule has 0 saturated carbocycles. The highest BCUT2D eigenvalue weighted by Crippen LogP contribution is 2.23. The molecule has 1 heterocycles. The molecular formula is C50H65FN6O11S. The van der Waals surface area contributed by atoms with Crippen LogP contribution in [0.15, 0.2) is 83.8 Å². The summed E-state index contributed by atoms with van der Waals surface area (Å²) < 4.78 is 51.7. The van der Waals surface area contributed by atoms with Gasteiger partial charge in [0.25, 0.3) is 16.0 Å². The van der Waals surface area contributed by atoms with Crippen molar-refractivity contribution in [3.05, 3.63) is 101 Å². The minimum absolute atomic E-state index is 0.0451.